The number of hydrogen-bond acceptors (Lipinski definition) is 2. The highest BCUT2D eigenvalue weighted by molar-refractivity contribution is 14.1. The first-order chi connectivity index (χ1) is 6.73. The van der Waals surface area contributed by atoms with Crippen LogP contribution in [0.4, 0.5) is 18.9 Å². The minimum atomic E-state index is -4.60. The van der Waals surface area contributed by atoms with E-state index in [4.69, 9.17) is 5.73 Å². The Kier molecular flexibility index (Phi) is 3.27. The Hall–Kier alpha value is -0.790. The quantitative estimate of drug-likeness (QED) is 0.489. The molecule has 0 unspecified atom stereocenters. The summed E-state index contributed by atoms with van der Waals surface area (Å²) in [6, 6.07) is 2.37. The van der Waals surface area contributed by atoms with Crippen LogP contribution in [0.15, 0.2) is 12.1 Å². The number of ketones is 1. The minimum Gasteiger partial charge on any atom is -0.398 e. The van der Waals surface area contributed by atoms with E-state index in [1.54, 1.807) is 0 Å². The molecule has 0 aliphatic carbocycles. The Morgan fingerprint density at radius 1 is 1.40 bits per heavy atom. The normalized spacial score (nSPS) is 11.5. The number of nitrogen functional groups attached to an aromatic ring is 1. The van der Waals surface area contributed by atoms with Gasteiger partial charge in [-0.2, -0.15) is 13.2 Å². The molecule has 0 fully saturated rings. The predicted molar refractivity (Wildman–Crippen MR) is 58.6 cm³/mol. The van der Waals surface area contributed by atoms with Crippen molar-refractivity contribution in [1.82, 2.24) is 0 Å². The van der Waals surface area contributed by atoms with Crippen LogP contribution in [0.3, 0.4) is 0 Å². The number of alkyl halides is 3. The van der Waals surface area contributed by atoms with Gasteiger partial charge in [-0.15, -0.1) is 0 Å². The van der Waals surface area contributed by atoms with E-state index >= 15 is 0 Å². The van der Waals surface area contributed by atoms with E-state index in [2.05, 4.69) is 0 Å². The average Bonchev–Trinajstić information content (AvgIpc) is 1.99. The maximum atomic E-state index is 12.6. The first-order valence-electron chi connectivity index (χ1n) is 3.90. The van der Waals surface area contributed by atoms with Gasteiger partial charge in [-0.05, 0) is 41.6 Å². The zero-order valence-corrected chi connectivity index (χ0v) is 9.81. The lowest BCUT2D eigenvalue weighted by Crippen LogP contribution is -2.15. The second-order valence-corrected chi connectivity index (χ2v) is 4.22. The number of halogens is 4. The van der Waals surface area contributed by atoms with Crippen LogP contribution in [0.1, 0.15) is 22.8 Å². The Labute approximate surface area is 97.8 Å². The summed E-state index contributed by atoms with van der Waals surface area (Å²) in [7, 11) is 0. The van der Waals surface area contributed by atoms with Crippen molar-refractivity contribution < 1.29 is 18.0 Å². The first kappa shape index (κ1) is 12.3. The second kappa shape index (κ2) is 3.99. The van der Waals surface area contributed by atoms with Gasteiger partial charge in [0.2, 0.25) is 0 Å². The van der Waals surface area contributed by atoms with Crippen LogP contribution < -0.4 is 5.73 Å². The molecule has 0 aliphatic heterocycles. The molecule has 0 radical (unpaired) electrons. The summed E-state index contributed by atoms with van der Waals surface area (Å²) < 4.78 is 38.2. The highest BCUT2D eigenvalue weighted by Gasteiger charge is 2.37. The zero-order valence-electron chi connectivity index (χ0n) is 7.65. The van der Waals surface area contributed by atoms with Gasteiger partial charge in [-0.3, -0.25) is 4.79 Å². The Morgan fingerprint density at radius 3 is 2.33 bits per heavy atom. The summed E-state index contributed by atoms with van der Waals surface area (Å²) in [5.74, 6) is -0.646. The van der Waals surface area contributed by atoms with Gasteiger partial charge in [0.15, 0.2) is 5.78 Å². The lowest BCUT2D eigenvalue weighted by molar-refractivity contribution is -0.137. The molecule has 0 heterocycles. The van der Waals surface area contributed by atoms with Crippen molar-refractivity contribution in [1.29, 1.82) is 0 Å². The average molecular weight is 329 g/mol. The number of benzene rings is 1. The van der Waals surface area contributed by atoms with Gasteiger partial charge in [0.1, 0.15) is 0 Å². The lowest BCUT2D eigenvalue weighted by Gasteiger charge is -2.14. The first-order valence-corrected chi connectivity index (χ1v) is 4.98. The van der Waals surface area contributed by atoms with Crippen molar-refractivity contribution >= 4 is 34.1 Å². The van der Waals surface area contributed by atoms with Crippen molar-refractivity contribution in [2.24, 2.45) is 0 Å². The fraction of sp³-hybridized carbons (Fsp3) is 0.222. The van der Waals surface area contributed by atoms with Crippen LogP contribution in [0.5, 0.6) is 0 Å². The van der Waals surface area contributed by atoms with Gasteiger partial charge in [-0.1, -0.05) is 0 Å². The van der Waals surface area contributed by atoms with E-state index in [9.17, 15) is 18.0 Å². The van der Waals surface area contributed by atoms with Crippen LogP contribution in [0.2, 0.25) is 0 Å². The molecule has 0 saturated heterocycles. The topological polar surface area (TPSA) is 43.1 Å². The molecule has 82 valence electrons. The van der Waals surface area contributed by atoms with Gasteiger partial charge < -0.3 is 5.73 Å². The molecule has 0 aromatic heterocycles. The Morgan fingerprint density at radius 2 is 1.93 bits per heavy atom. The highest BCUT2D eigenvalue weighted by atomic mass is 127. The summed E-state index contributed by atoms with van der Waals surface area (Å²) in [5.41, 5.74) is 3.42. The summed E-state index contributed by atoms with van der Waals surface area (Å²) in [6.07, 6.45) is -4.60. The largest absolute Gasteiger partial charge is 0.419 e. The van der Waals surface area contributed by atoms with E-state index in [0.717, 1.165) is 6.92 Å². The van der Waals surface area contributed by atoms with Crippen LogP contribution in [-0.4, -0.2) is 5.78 Å². The van der Waals surface area contributed by atoms with Crippen molar-refractivity contribution in [3.63, 3.8) is 0 Å². The van der Waals surface area contributed by atoms with Gasteiger partial charge in [-0.25, -0.2) is 0 Å². The third-order valence-corrected chi connectivity index (χ3v) is 2.42. The smallest absolute Gasteiger partial charge is 0.398 e. The molecule has 6 heteroatoms. The monoisotopic (exact) mass is 329 g/mol. The molecule has 2 nitrogen and oxygen atoms in total. The van der Waals surface area contributed by atoms with Crippen LogP contribution in [-0.2, 0) is 6.18 Å². The number of rotatable bonds is 1. The number of carbonyl (C=O) groups excluding carboxylic acids is 1. The molecule has 0 amide bonds. The summed E-state index contributed by atoms with van der Waals surface area (Å²) >= 11 is 1.81. The number of hydrogen-bond donors (Lipinski definition) is 1. The third-order valence-electron chi connectivity index (χ3n) is 1.80. The van der Waals surface area contributed by atoms with Crippen LogP contribution in [0.25, 0.3) is 0 Å². The molecule has 1 rings (SSSR count). The fourth-order valence-electron chi connectivity index (χ4n) is 1.22. The van der Waals surface area contributed by atoms with E-state index in [1.807, 2.05) is 22.6 Å². The number of anilines is 1. The van der Waals surface area contributed by atoms with Gasteiger partial charge in [0, 0.05) is 14.8 Å². The van der Waals surface area contributed by atoms with Crippen molar-refractivity contribution in [2.75, 3.05) is 5.73 Å². The maximum Gasteiger partial charge on any atom is 0.419 e. The van der Waals surface area contributed by atoms with E-state index in [-0.39, 0.29) is 5.56 Å². The summed E-state index contributed by atoms with van der Waals surface area (Å²) in [6.45, 7) is 1.08. The SMILES string of the molecule is CC(=O)c1cc(I)cc(N)c1C(F)(F)F. The molecule has 0 saturated carbocycles. The number of carbonyl (C=O) groups is 1. The molecule has 0 atom stereocenters. The highest BCUT2D eigenvalue weighted by Crippen LogP contribution is 2.37. The van der Waals surface area contributed by atoms with Crippen molar-refractivity contribution in [3.05, 3.63) is 26.8 Å². The van der Waals surface area contributed by atoms with E-state index in [0.29, 0.717) is 3.57 Å². The van der Waals surface area contributed by atoms with Crippen LogP contribution >= 0.6 is 22.6 Å². The van der Waals surface area contributed by atoms with Crippen LogP contribution in [0, 0.1) is 3.57 Å². The number of nitrogens with two attached hydrogens (primary N) is 1. The molecule has 0 spiro atoms. The summed E-state index contributed by atoms with van der Waals surface area (Å²) in [5, 5.41) is 0. The lowest BCUT2D eigenvalue weighted by atomic mass is 10.0. The Balaban J connectivity index is 3.55. The molecule has 1 aromatic rings. The predicted octanol–water partition coefficient (Wildman–Crippen LogP) is 3.09. The molecule has 0 bridgehead atoms. The molecule has 1 aromatic carbocycles. The van der Waals surface area contributed by atoms with E-state index in [1.165, 1.54) is 12.1 Å². The summed E-state index contributed by atoms with van der Waals surface area (Å²) in [4.78, 5) is 11.1. The second-order valence-electron chi connectivity index (χ2n) is 2.97. The van der Waals surface area contributed by atoms with E-state index < -0.39 is 23.2 Å². The zero-order chi connectivity index (χ0) is 11.8. The standard InChI is InChI=1S/C9H7F3INO/c1-4(15)6-2-5(13)3-7(14)8(6)9(10,11)12/h2-3H,14H2,1H3. The fourth-order valence-corrected chi connectivity index (χ4v) is 1.87. The molecular weight excluding hydrogens is 322 g/mol. The Bertz CT molecular complexity index is 415. The molecule has 2 N–H and O–H groups in total. The van der Waals surface area contributed by atoms with Gasteiger partial charge >= 0.3 is 6.18 Å². The van der Waals surface area contributed by atoms with Gasteiger partial charge in [0.25, 0.3) is 0 Å². The van der Waals surface area contributed by atoms with Crippen molar-refractivity contribution in [3.8, 4) is 0 Å². The number of Topliss-reactive ketones (excluding diaryl/α,β-unsaturated/α-hetero) is 1. The maximum absolute atomic E-state index is 12.6. The van der Waals surface area contributed by atoms with Crippen molar-refractivity contribution in [2.45, 2.75) is 13.1 Å². The molecular formula is C9H7F3INO. The molecule has 15 heavy (non-hydrogen) atoms. The third kappa shape index (κ3) is 2.61. The van der Waals surface area contributed by atoms with Gasteiger partial charge in [0.05, 0.1) is 5.56 Å². The minimum absolute atomic E-state index is 0.382. The molecule has 0 aliphatic rings.